The molecule has 1 heterocycles. The number of amides is 1. The number of nitrogens with two attached hydrogens (primary N) is 1. The van der Waals surface area contributed by atoms with Gasteiger partial charge in [0, 0.05) is 29.9 Å². The molecule has 19 heavy (non-hydrogen) atoms. The summed E-state index contributed by atoms with van der Waals surface area (Å²) in [6, 6.07) is 9.48. The fourth-order valence-corrected chi connectivity index (χ4v) is 2.37. The van der Waals surface area contributed by atoms with Crippen LogP contribution in [0.5, 0.6) is 0 Å². The molecule has 1 aromatic heterocycles. The van der Waals surface area contributed by atoms with Gasteiger partial charge in [-0.15, -0.1) is 0 Å². The molecule has 2 rings (SSSR count). The lowest BCUT2D eigenvalue weighted by atomic mass is 10.1. The van der Waals surface area contributed by atoms with Crippen molar-refractivity contribution in [1.82, 2.24) is 9.88 Å². The Morgan fingerprint density at radius 3 is 2.63 bits per heavy atom. The molecule has 100 valence electrons. The van der Waals surface area contributed by atoms with Gasteiger partial charge in [-0.1, -0.05) is 12.1 Å². The van der Waals surface area contributed by atoms with Gasteiger partial charge in [0.25, 0.3) is 5.91 Å². The molecule has 1 aromatic carbocycles. The van der Waals surface area contributed by atoms with E-state index in [1.807, 2.05) is 37.5 Å². The van der Waals surface area contributed by atoms with Crippen LogP contribution in [0.2, 0.25) is 0 Å². The zero-order valence-corrected chi connectivity index (χ0v) is 12.3. The van der Waals surface area contributed by atoms with Gasteiger partial charge in [0.15, 0.2) is 0 Å². The number of nitrogens with zero attached hydrogens (tertiary/aromatic N) is 1. The number of aryl methyl sites for hydroxylation is 1. The van der Waals surface area contributed by atoms with Crippen molar-refractivity contribution < 1.29 is 4.79 Å². The summed E-state index contributed by atoms with van der Waals surface area (Å²) in [6.45, 7) is 0.603. The summed E-state index contributed by atoms with van der Waals surface area (Å²) in [5.41, 5.74) is 8.17. The van der Waals surface area contributed by atoms with Gasteiger partial charge in [0.2, 0.25) is 0 Å². The summed E-state index contributed by atoms with van der Waals surface area (Å²) >= 11 is 3.35. The number of benzene rings is 1. The first-order valence-corrected chi connectivity index (χ1v) is 6.80. The standard InChI is InChI=1S/C14H16BrN3O/c1-18-9-11(15)8-13(18)14(19)17-7-6-10-2-4-12(16)5-3-10/h2-5,8-9H,6-7,16H2,1H3,(H,17,19). The van der Waals surface area contributed by atoms with Crippen molar-refractivity contribution in [3.63, 3.8) is 0 Å². The molecule has 3 N–H and O–H groups in total. The summed E-state index contributed by atoms with van der Waals surface area (Å²) in [7, 11) is 1.85. The quantitative estimate of drug-likeness (QED) is 0.849. The molecule has 5 heteroatoms. The lowest BCUT2D eigenvalue weighted by molar-refractivity contribution is 0.0946. The zero-order valence-electron chi connectivity index (χ0n) is 10.7. The number of nitrogens with one attached hydrogen (secondary N) is 1. The Hall–Kier alpha value is -1.75. The van der Waals surface area contributed by atoms with E-state index in [-0.39, 0.29) is 5.91 Å². The molecular weight excluding hydrogens is 306 g/mol. The molecule has 0 bridgehead atoms. The Balaban J connectivity index is 1.87. The van der Waals surface area contributed by atoms with E-state index < -0.39 is 0 Å². The van der Waals surface area contributed by atoms with Crippen molar-refractivity contribution in [3.8, 4) is 0 Å². The molecule has 0 aliphatic rings. The van der Waals surface area contributed by atoms with Gasteiger partial charge in [0.1, 0.15) is 5.69 Å². The number of rotatable bonds is 4. The smallest absolute Gasteiger partial charge is 0.267 e. The third-order valence-corrected chi connectivity index (χ3v) is 3.32. The summed E-state index contributed by atoms with van der Waals surface area (Å²) < 4.78 is 2.70. The number of anilines is 1. The van der Waals surface area contributed by atoms with Crippen LogP contribution in [0.4, 0.5) is 5.69 Å². The van der Waals surface area contributed by atoms with Gasteiger partial charge in [0.05, 0.1) is 0 Å². The topological polar surface area (TPSA) is 60.0 Å². The van der Waals surface area contributed by atoms with Gasteiger partial charge in [-0.2, -0.15) is 0 Å². The minimum absolute atomic E-state index is 0.0661. The van der Waals surface area contributed by atoms with Gasteiger partial charge in [-0.25, -0.2) is 0 Å². The second kappa shape index (κ2) is 5.93. The average Bonchev–Trinajstić information content (AvgIpc) is 2.71. The van der Waals surface area contributed by atoms with Crippen LogP contribution in [-0.4, -0.2) is 17.0 Å². The van der Waals surface area contributed by atoms with E-state index in [1.165, 1.54) is 0 Å². The maximum atomic E-state index is 12.0. The monoisotopic (exact) mass is 321 g/mol. The third-order valence-electron chi connectivity index (χ3n) is 2.88. The van der Waals surface area contributed by atoms with Crippen LogP contribution >= 0.6 is 15.9 Å². The van der Waals surface area contributed by atoms with E-state index in [4.69, 9.17) is 5.73 Å². The van der Waals surface area contributed by atoms with Crippen LogP contribution in [0.1, 0.15) is 16.1 Å². The molecule has 0 aliphatic carbocycles. The third kappa shape index (κ3) is 3.61. The minimum atomic E-state index is -0.0661. The van der Waals surface area contributed by atoms with E-state index in [0.717, 1.165) is 22.1 Å². The second-order valence-corrected chi connectivity index (χ2v) is 5.32. The summed E-state index contributed by atoms with van der Waals surface area (Å²) in [5, 5.41) is 2.90. The molecule has 0 atom stereocenters. The Kier molecular flexibility index (Phi) is 4.27. The summed E-state index contributed by atoms with van der Waals surface area (Å²) in [5.74, 6) is -0.0661. The highest BCUT2D eigenvalue weighted by atomic mass is 79.9. The van der Waals surface area contributed by atoms with Crippen molar-refractivity contribution in [2.24, 2.45) is 7.05 Å². The van der Waals surface area contributed by atoms with Crippen molar-refractivity contribution in [1.29, 1.82) is 0 Å². The number of halogens is 1. The maximum absolute atomic E-state index is 12.0. The van der Waals surface area contributed by atoms with Crippen LogP contribution in [0.25, 0.3) is 0 Å². The van der Waals surface area contributed by atoms with Crippen molar-refractivity contribution >= 4 is 27.5 Å². The first-order chi connectivity index (χ1) is 9.06. The van der Waals surface area contributed by atoms with E-state index in [1.54, 1.807) is 10.6 Å². The Morgan fingerprint density at radius 1 is 1.37 bits per heavy atom. The number of aromatic nitrogens is 1. The van der Waals surface area contributed by atoms with Crippen LogP contribution in [0, 0.1) is 0 Å². The molecule has 4 nitrogen and oxygen atoms in total. The molecule has 1 amide bonds. The molecule has 0 saturated heterocycles. The lowest BCUT2D eigenvalue weighted by Crippen LogP contribution is -2.27. The normalized spacial score (nSPS) is 10.4. The average molecular weight is 322 g/mol. The van der Waals surface area contributed by atoms with Gasteiger partial charge in [-0.05, 0) is 46.1 Å². The molecule has 2 aromatic rings. The Morgan fingerprint density at radius 2 is 2.05 bits per heavy atom. The Labute approximate surface area is 120 Å². The molecular formula is C14H16BrN3O. The molecule has 0 spiro atoms. The largest absolute Gasteiger partial charge is 0.399 e. The van der Waals surface area contributed by atoms with Gasteiger partial charge < -0.3 is 15.6 Å². The lowest BCUT2D eigenvalue weighted by Gasteiger charge is -2.06. The predicted octanol–water partition coefficient (Wildman–Crippen LogP) is 2.34. The summed E-state index contributed by atoms with van der Waals surface area (Å²) in [6.07, 6.45) is 2.65. The van der Waals surface area contributed by atoms with E-state index in [9.17, 15) is 4.79 Å². The van der Waals surface area contributed by atoms with Crippen LogP contribution in [0.15, 0.2) is 41.0 Å². The number of carbonyl (C=O) groups excluding carboxylic acids is 1. The number of nitrogen functional groups attached to an aromatic ring is 1. The highest BCUT2D eigenvalue weighted by Crippen LogP contribution is 2.13. The van der Waals surface area contributed by atoms with Crippen molar-refractivity contribution in [3.05, 3.63) is 52.3 Å². The van der Waals surface area contributed by atoms with Crippen molar-refractivity contribution in [2.75, 3.05) is 12.3 Å². The zero-order chi connectivity index (χ0) is 13.8. The fourth-order valence-electron chi connectivity index (χ4n) is 1.85. The predicted molar refractivity (Wildman–Crippen MR) is 80.0 cm³/mol. The molecule has 0 unspecified atom stereocenters. The van der Waals surface area contributed by atoms with E-state index >= 15 is 0 Å². The second-order valence-electron chi connectivity index (χ2n) is 4.40. The Bertz CT molecular complexity index is 575. The van der Waals surface area contributed by atoms with Crippen molar-refractivity contribution in [2.45, 2.75) is 6.42 Å². The first-order valence-electron chi connectivity index (χ1n) is 6.01. The highest BCUT2D eigenvalue weighted by molar-refractivity contribution is 9.10. The minimum Gasteiger partial charge on any atom is -0.399 e. The highest BCUT2D eigenvalue weighted by Gasteiger charge is 2.10. The SMILES string of the molecule is Cn1cc(Br)cc1C(=O)NCCc1ccc(N)cc1. The molecule has 0 radical (unpaired) electrons. The van der Waals surface area contributed by atoms with Gasteiger partial charge in [-0.3, -0.25) is 4.79 Å². The van der Waals surface area contributed by atoms with Crippen LogP contribution < -0.4 is 11.1 Å². The number of hydrogen-bond donors (Lipinski definition) is 2. The van der Waals surface area contributed by atoms with Crippen LogP contribution in [-0.2, 0) is 13.5 Å². The first kappa shape index (κ1) is 13.7. The molecule has 0 fully saturated rings. The molecule has 0 aliphatic heterocycles. The van der Waals surface area contributed by atoms with Gasteiger partial charge >= 0.3 is 0 Å². The number of carbonyl (C=O) groups is 1. The maximum Gasteiger partial charge on any atom is 0.267 e. The van der Waals surface area contributed by atoms with E-state index in [2.05, 4.69) is 21.2 Å². The summed E-state index contributed by atoms with van der Waals surface area (Å²) in [4.78, 5) is 12.0. The fraction of sp³-hybridized carbons (Fsp3) is 0.214. The van der Waals surface area contributed by atoms with Crippen LogP contribution in [0.3, 0.4) is 0 Å². The molecule has 0 saturated carbocycles. The number of hydrogen-bond acceptors (Lipinski definition) is 2. The van der Waals surface area contributed by atoms with E-state index in [0.29, 0.717) is 12.2 Å².